The molecule has 4 heteroatoms. The molecular formula is C9H17F2NO. The van der Waals surface area contributed by atoms with E-state index in [4.69, 9.17) is 0 Å². The molecule has 13 heavy (non-hydrogen) atoms. The minimum Gasteiger partial charge on any atom is -0.320 e. The molecule has 0 amide bonds. The van der Waals surface area contributed by atoms with Crippen LogP contribution in [-0.4, -0.2) is 25.3 Å². The van der Waals surface area contributed by atoms with Gasteiger partial charge in [0.1, 0.15) is 0 Å². The van der Waals surface area contributed by atoms with Crippen molar-refractivity contribution in [2.75, 3.05) is 6.54 Å². The summed E-state index contributed by atoms with van der Waals surface area (Å²) in [5.41, 5.74) is 0. The van der Waals surface area contributed by atoms with E-state index >= 15 is 0 Å². The van der Waals surface area contributed by atoms with E-state index in [1.54, 1.807) is 0 Å². The normalized spacial score (nSPS) is 30.0. The average molecular weight is 193 g/mol. The predicted molar refractivity (Wildman–Crippen MR) is 46.7 cm³/mol. The Morgan fingerprint density at radius 1 is 1.38 bits per heavy atom. The van der Waals surface area contributed by atoms with Crippen LogP contribution in [0.5, 0.6) is 0 Å². The molecule has 1 N–H and O–H groups in total. The van der Waals surface area contributed by atoms with Crippen molar-refractivity contribution in [2.24, 2.45) is 5.92 Å². The van der Waals surface area contributed by atoms with E-state index in [-0.39, 0.29) is 6.10 Å². The first kappa shape index (κ1) is 10.9. The summed E-state index contributed by atoms with van der Waals surface area (Å²) in [7, 11) is 0. The Bertz CT molecular complexity index is 153. The lowest BCUT2D eigenvalue weighted by atomic mass is 9.93. The number of nitrogens with one attached hydrogen (secondary N) is 1. The topological polar surface area (TPSA) is 21.3 Å². The van der Waals surface area contributed by atoms with E-state index in [2.05, 4.69) is 23.9 Å². The number of halogens is 2. The first-order valence-electron chi connectivity index (χ1n) is 4.76. The molecule has 1 aliphatic rings. The molecule has 2 atom stereocenters. The van der Waals surface area contributed by atoms with Crippen molar-refractivity contribution < 1.29 is 13.5 Å². The van der Waals surface area contributed by atoms with Gasteiger partial charge in [-0.05, 0) is 25.3 Å². The summed E-state index contributed by atoms with van der Waals surface area (Å²) >= 11 is 0. The maximum atomic E-state index is 11.9. The van der Waals surface area contributed by atoms with Crippen molar-refractivity contribution in [1.29, 1.82) is 0 Å². The van der Waals surface area contributed by atoms with Crippen LogP contribution in [0.3, 0.4) is 0 Å². The monoisotopic (exact) mass is 193 g/mol. The van der Waals surface area contributed by atoms with Crippen molar-refractivity contribution in [2.45, 2.75) is 45.4 Å². The summed E-state index contributed by atoms with van der Waals surface area (Å²) in [6, 6.07) is 0.317. The van der Waals surface area contributed by atoms with Gasteiger partial charge in [0.2, 0.25) is 0 Å². The van der Waals surface area contributed by atoms with E-state index < -0.39 is 6.61 Å². The highest BCUT2D eigenvalue weighted by atomic mass is 19.3. The number of ether oxygens (including phenoxy) is 1. The van der Waals surface area contributed by atoms with Crippen molar-refractivity contribution >= 4 is 0 Å². The fourth-order valence-corrected chi connectivity index (χ4v) is 1.69. The number of alkyl halides is 2. The summed E-state index contributed by atoms with van der Waals surface area (Å²) in [5.74, 6) is 0.476. The van der Waals surface area contributed by atoms with Gasteiger partial charge in [-0.2, -0.15) is 8.78 Å². The standard InChI is InChI=1S/C9H17F2NO/c1-6(2)8-5-7(3-4-12-8)13-9(10)11/h6-9,12H,3-5H2,1-2H3. The highest BCUT2D eigenvalue weighted by Crippen LogP contribution is 2.19. The lowest BCUT2D eigenvalue weighted by Gasteiger charge is -2.32. The highest BCUT2D eigenvalue weighted by molar-refractivity contribution is 4.80. The van der Waals surface area contributed by atoms with E-state index in [1.165, 1.54) is 0 Å². The second-order valence-corrected chi connectivity index (χ2v) is 3.85. The van der Waals surface area contributed by atoms with Crippen LogP contribution in [0.1, 0.15) is 26.7 Å². The summed E-state index contributed by atoms with van der Waals surface area (Å²) in [6.07, 6.45) is 1.11. The van der Waals surface area contributed by atoms with Gasteiger partial charge in [-0.3, -0.25) is 0 Å². The third-order valence-electron chi connectivity index (χ3n) is 2.49. The molecule has 0 aromatic heterocycles. The van der Waals surface area contributed by atoms with Gasteiger partial charge in [-0.1, -0.05) is 13.8 Å². The minimum absolute atomic E-state index is 0.270. The van der Waals surface area contributed by atoms with Crippen LogP contribution in [0.4, 0.5) is 8.78 Å². The summed E-state index contributed by atoms with van der Waals surface area (Å²) < 4.78 is 28.3. The maximum Gasteiger partial charge on any atom is 0.345 e. The minimum atomic E-state index is -2.63. The van der Waals surface area contributed by atoms with Crippen LogP contribution in [0.25, 0.3) is 0 Å². The molecule has 0 aromatic carbocycles. The van der Waals surface area contributed by atoms with Gasteiger partial charge in [0, 0.05) is 6.04 Å². The van der Waals surface area contributed by atoms with E-state index in [0.29, 0.717) is 24.8 Å². The maximum absolute atomic E-state index is 11.9. The molecule has 1 heterocycles. The number of hydrogen-bond acceptors (Lipinski definition) is 2. The molecule has 0 aliphatic carbocycles. The van der Waals surface area contributed by atoms with Crippen molar-refractivity contribution in [1.82, 2.24) is 5.32 Å². The Balaban J connectivity index is 2.33. The van der Waals surface area contributed by atoms with Crippen molar-refractivity contribution in [3.05, 3.63) is 0 Å². The third-order valence-corrected chi connectivity index (χ3v) is 2.49. The van der Waals surface area contributed by atoms with E-state index in [9.17, 15) is 8.78 Å². The number of hydrogen-bond donors (Lipinski definition) is 1. The van der Waals surface area contributed by atoms with Crippen LogP contribution in [0.15, 0.2) is 0 Å². The zero-order valence-corrected chi connectivity index (χ0v) is 8.09. The highest BCUT2D eigenvalue weighted by Gasteiger charge is 2.25. The van der Waals surface area contributed by atoms with Crippen molar-refractivity contribution in [3.8, 4) is 0 Å². The molecule has 0 radical (unpaired) electrons. The first-order chi connectivity index (χ1) is 6.09. The van der Waals surface area contributed by atoms with Crippen LogP contribution >= 0.6 is 0 Å². The second kappa shape index (κ2) is 4.86. The van der Waals surface area contributed by atoms with E-state index in [1.807, 2.05) is 0 Å². The smallest absolute Gasteiger partial charge is 0.320 e. The zero-order chi connectivity index (χ0) is 9.84. The lowest BCUT2D eigenvalue weighted by molar-refractivity contribution is -0.171. The van der Waals surface area contributed by atoms with Gasteiger partial charge < -0.3 is 10.1 Å². The second-order valence-electron chi connectivity index (χ2n) is 3.85. The largest absolute Gasteiger partial charge is 0.345 e. The molecule has 1 fully saturated rings. The summed E-state index contributed by atoms with van der Waals surface area (Å²) in [5, 5.41) is 3.30. The molecule has 1 aliphatic heterocycles. The van der Waals surface area contributed by atoms with E-state index in [0.717, 1.165) is 6.54 Å². The van der Waals surface area contributed by atoms with Crippen LogP contribution in [-0.2, 0) is 4.74 Å². The molecule has 1 saturated heterocycles. The quantitative estimate of drug-likeness (QED) is 0.740. The Hall–Kier alpha value is -0.220. The predicted octanol–water partition coefficient (Wildman–Crippen LogP) is 2.00. The number of rotatable bonds is 3. The molecule has 1 rings (SSSR count). The fourth-order valence-electron chi connectivity index (χ4n) is 1.69. The molecule has 0 bridgehead atoms. The van der Waals surface area contributed by atoms with Gasteiger partial charge in [0.05, 0.1) is 6.10 Å². The van der Waals surface area contributed by atoms with Crippen LogP contribution < -0.4 is 5.32 Å². The first-order valence-corrected chi connectivity index (χ1v) is 4.76. The third kappa shape index (κ3) is 3.56. The molecular weight excluding hydrogens is 176 g/mol. The Labute approximate surface area is 77.6 Å². The van der Waals surface area contributed by atoms with Gasteiger partial charge >= 0.3 is 6.61 Å². The molecule has 2 nitrogen and oxygen atoms in total. The molecule has 2 unspecified atom stereocenters. The van der Waals surface area contributed by atoms with Gasteiger partial charge in [-0.25, -0.2) is 0 Å². The number of piperidine rings is 1. The zero-order valence-electron chi connectivity index (χ0n) is 8.09. The van der Waals surface area contributed by atoms with Gasteiger partial charge in [-0.15, -0.1) is 0 Å². The average Bonchev–Trinajstić information content (AvgIpc) is 2.03. The molecule has 78 valence electrons. The lowest BCUT2D eigenvalue weighted by Crippen LogP contribution is -2.44. The van der Waals surface area contributed by atoms with Crippen LogP contribution in [0.2, 0.25) is 0 Å². The Morgan fingerprint density at radius 2 is 2.08 bits per heavy atom. The Morgan fingerprint density at radius 3 is 2.62 bits per heavy atom. The summed E-state index contributed by atoms with van der Waals surface area (Å²) in [6.45, 7) is 2.32. The van der Waals surface area contributed by atoms with Gasteiger partial charge in [0.25, 0.3) is 0 Å². The SMILES string of the molecule is CC(C)C1CC(OC(F)F)CCN1. The fraction of sp³-hybridized carbons (Fsp3) is 1.00. The summed E-state index contributed by atoms with van der Waals surface area (Å²) in [4.78, 5) is 0. The Kier molecular flexibility index (Phi) is 4.06. The molecule has 0 spiro atoms. The molecule has 0 saturated carbocycles. The van der Waals surface area contributed by atoms with Gasteiger partial charge in [0.15, 0.2) is 0 Å². The van der Waals surface area contributed by atoms with Crippen molar-refractivity contribution in [3.63, 3.8) is 0 Å². The van der Waals surface area contributed by atoms with Crippen LogP contribution in [0, 0.1) is 5.92 Å². The molecule has 0 aromatic rings.